The second kappa shape index (κ2) is 4.76. The number of nitrogens with two attached hydrogens (primary N) is 5. The Bertz CT molecular complexity index is 321. The zero-order chi connectivity index (χ0) is 13.0. The summed E-state index contributed by atoms with van der Waals surface area (Å²) < 4.78 is 0. The van der Waals surface area contributed by atoms with E-state index in [9.17, 15) is 19.2 Å². The highest BCUT2D eigenvalue weighted by molar-refractivity contribution is 6.34. The number of rotatable bonds is 0. The molecular weight excluding hydrogens is 224 g/mol. The van der Waals surface area contributed by atoms with Crippen LogP contribution in [-0.2, 0) is 9.59 Å². The number of amides is 6. The zero-order valence-corrected chi connectivity index (χ0v) is 7.86. The molecule has 16 heavy (non-hydrogen) atoms. The lowest BCUT2D eigenvalue weighted by atomic mass is 10.6. The predicted octanol–water partition coefficient (Wildman–Crippen LogP) is -4.36. The molecule has 10 N–H and O–H groups in total. The SMILES string of the molecule is NC(=O)C(=O)N(N(N)C(N)=O)N(N)C(N)=O. The maximum Gasteiger partial charge on any atom is 0.352 e. The maximum absolute atomic E-state index is 11.1. The lowest BCUT2D eigenvalue weighted by molar-refractivity contribution is -0.178. The fraction of sp³-hybridized carbons (Fsp3) is 0. The number of carbonyl (C=O) groups is 4. The van der Waals surface area contributed by atoms with Gasteiger partial charge in [0.2, 0.25) is 0 Å². The second-order valence-corrected chi connectivity index (χ2v) is 2.32. The van der Waals surface area contributed by atoms with Crippen molar-refractivity contribution < 1.29 is 19.2 Å². The fourth-order valence-electron chi connectivity index (χ4n) is 0.585. The van der Waals surface area contributed by atoms with Crippen molar-refractivity contribution in [1.29, 1.82) is 0 Å². The van der Waals surface area contributed by atoms with Gasteiger partial charge in [0.1, 0.15) is 0 Å². The highest BCUT2D eigenvalue weighted by Crippen LogP contribution is 1.96. The summed E-state index contributed by atoms with van der Waals surface area (Å²) in [5, 5.41) is -0.345. The zero-order valence-electron chi connectivity index (χ0n) is 7.86. The van der Waals surface area contributed by atoms with Gasteiger partial charge in [0, 0.05) is 0 Å². The maximum atomic E-state index is 11.1. The Morgan fingerprint density at radius 1 is 0.750 bits per heavy atom. The third-order valence-corrected chi connectivity index (χ3v) is 1.25. The topological polar surface area (TPSA) is 208 Å². The Kier molecular flexibility index (Phi) is 3.99. The van der Waals surface area contributed by atoms with Gasteiger partial charge in [-0.1, -0.05) is 0 Å². The van der Waals surface area contributed by atoms with Crippen molar-refractivity contribution in [3.05, 3.63) is 0 Å². The molecule has 0 heterocycles. The molecule has 6 amide bonds. The van der Waals surface area contributed by atoms with Crippen LogP contribution in [-0.4, -0.2) is 39.2 Å². The van der Waals surface area contributed by atoms with Crippen LogP contribution in [0.5, 0.6) is 0 Å². The molecule has 0 saturated carbocycles. The van der Waals surface area contributed by atoms with E-state index in [4.69, 9.17) is 23.2 Å². The van der Waals surface area contributed by atoms with Gasteiger partial charge in [-0.05, 0) is 0 Å². The molecule has 0 aliphatic rings. The van der Waals surface area contributed by atoms with E-state index in [1.807, 2.05) is 0 Å². The molecule has 12 nitrogen and oxygen atoms in total. The first-order chi connectivity index (χ1) is 7.20. The minimum Gasteiger partial charge on any atom is -0.361 e. The summed E-state index contributed by atoms with van der Waals surface area (Å²) in [5.41, 5.74) is 14.0. The van der Waals surface area contributed by atoms with E-state index in [1.54, 1.807) is 0 Å². The van der Waals surface area contributed by atoms with Crippen LogP contribution >= 0.6 is 0 Å². The summed E-state index contributed by atoms with van der Waals surface area (Å²) in [6.07, 6.45) is 0. The molecule has 90 valence electrons. The van der Waals surface area contributed by atoms with Gasteiger partial charge in [-0.15, -0.1) is 15.4 Å². The Morgan fingerprint density at radius 2 is 1.06 bits per heavy atom. The van der Waals surface area contributed by atoms with Crippen molar-refractivity contribution in [3.8, 4) is 0 Å². The predicted molar refractivity (Wildman–Crippen MR) is 47.3 cm³/mol. The van der Waals surface area contributed by atoms with Gasteiger partial charge < -0.3 is 17.2 Å². The minimum absolute atomic E-state index is 0.113. The van der Waals surface area contributed by atoms with E-state index in [0.29, 0.717) is 0 Å². The van der Waals surface area contributed by atoms with Gasteiger partial charge in [-0.25, -0.2) is 21.3 Å². The Balaban J connectivity index is 5.20. The van der Waals surface area contributed by atoms with E-state index in [-0.39, 0.29) is 15.4 Å². The van der Waals surface area contributed by atoms with Gasteiger partial charge in [0.15, 0.2) is 0 Å². The number of hydrogen-bond donors (Lipinski definition) is 5. The summed E-state index contributed by atoms with van der Waals surface area (Å²) in [6.45, 7) is 0. The lowest BCUT2D eigenvalue weighted by Crippen LogP contribution is -2.68. The molecule has 0 rings (SSSR count). The molecule has 0 bridgehead atoms. The molecule has 0 aromatic carbocycles. The average Bonchev–Trinajstić information content (AvgIpc) is 2.16. The van der Waals surface area contributed by atoms with E-state index < -0.39 is 23.9 Å². The standard InChI is InChI=1S/C4H10N8O4/c5-1(13)2(14)12(10(8)3(6)15)11(9)4(7)16/h8-9H2,(H2,5,13)(H2,6,15)(H2,7,16). The fourth-order valence-corrected chi connectivity index (χ4v) is 0.585. The molecule has 0 fully saturated rings. The van der Waals surface area contributed by atoms with Gasteiger partial charge in [0.25, 0.3) is 0 Å². The largest absolute Gasteiger partial charge is 0.361 e. The van der Waals surface area contributed by atoms with Crippen LogP contribution in [0.25, 0.3) is 0 Å². The monoisotopic (exact) mass is 234 g/mol. The summed E-state index contributed by atoms with van der Waals surface area (Å²) in [7, 11) is 0. The van der Waals surface area contributed by atoms with Crippen molar-refractivity contribution >= 4 is 23.9 Å². The molecule has 0 aromatic rings. The van der Waals surface area contributed by atoms with Gasteiger partial charge in [-0.3, -0.25) is 9.59 Å². The Hall–Kier alpha value is -2.60. The molecule has 0 spiro atoms. The summed E-state index contributed by atoms with van der Waals surface area (Å²) >= 11 is 0. The van der Waals surface area contributed by atoms with Crippen LogP contribution in [0.1, 0.15) is 0 Å². The van der Waals surface area contributed by atoms with Crippen LogP contribution in [0.4, 0.5) is 9.59 Å². The Labute approximate surface area is 88.3 Å². The highest BCUT2D eigenvalue weighted by atomic mass is 16.3. The first kappa shape index (κ1) is 13.4. The van der Waals surface area contributed by atoms with Crippen LogP contribution in [0.15, 0.2) is 0 Å². The highest BCUT2D eigenvalue weighted by Gasteiger charge is 2.32. The third-order valence-electron chi connectivity index (χ3n) is 1.25. The number of nitrogens with zero attached hydrogens (tertiary/aromatic N) is 3. The van der Waals surface area contributed by atoms with Crippen molar-refractivity contribution in [2.75, 3.05) is 0 Å². The molecule has 0 atom stereocenters. The quantitative estimate of drug-likeness (QED) is 0.121. The number of hydrazine groups is 4. The van der Waals surface area contributed by atoms with Crippen molar-refractivity contribution in [3.63, 3.8) is 0 Å². The average molecular weight is 234 g/mol. The number of carbonyl (C=O) groups excluding carboxylic acids is 4. The molecule has 0 aliphatic heterocycles. The van der Waals surface area contributed by atoms with Crippen LogP contribution in [0.2, 0.25) is 0 Å². The molecule has 12 heteroatoms. The normalized spacial score (nSPS) is 9.12. The Morgan fingerprint density at radius 3 is 1.25 bits per heavy atom. The van der Waals surface area contributed by atoms with Crippen LogP contribution in [0, 0.1) is 0 Å². The van der Waals surface area contributed by atoms with Crippen LogP contribution < -0.4 is 28.9 Å². The molecule has 0 radical (unpaired) electrons. The first-order valence-corrected chi connectivity index (χ1v) is 3.52. The number of urea groups is 2. The van der Waals surface area contributed by atoms with E-state index in [2.05, 4.69) is 5.73 Å². The smallest absolute Gasteiger partial charge is 0.352 e. The van der Waals surface area contributed by atoms with E-state index in [1.165, 1.54) is 0 Å². The molecular formula is C4H10N8O4. The lowest BCUT2D eigenvalue weighted by Gasteiger charge is -2.32. The van der Waals surface area contributed by atoms with Gasteiger partial charge >= 0.3 is 23.9 Å². The van der Waals surface area contributed by atoms with Crippen molar-refractivity contribution in [2.24, 2.45) is 28.9 Å². The molecule has 0 aromatic heterocycles. The number of primary amides is 3. The summed E-state index contributed by atoms with van der Waals surface area (Å²) in [6, 6.07) is -2.77. The van der Waals surface area contributed by atoms with Crippen molar-refractivity contribution in [1.82, 2.24) is 15.4 Å². The van der Waals surface area contributed by atoms with E-state index in [0.717, 1.165) is 0 Å². The van der Waals surface area contributed by atoms with Gasteiger partial charge in [-0.2, -0.15) is 0 Å². The van der Waals surface area contributed by atoms with Gasteiger partial charge in [0.05, 0.1) is 0 Å². The van der Waals surface area contributed by atoms with Crippen molar-refractivity contribution in [2.45, 2.75) is 0 Å². The molecule has 0 aliphatic carbocycles. The molecule has 0 saturated heterocycles. The second-order valence-electron chi connectivity index (χ2n) is 2.32. The summed E-state index contributed by atoms with van der Waals surface area (Å²) in [5.74, 6) is 6.81. The first-order valence-electron chi connectivity index (χ1n) is 3.52. The third kappa shape index (κ3) is 2.69. The number of hydrogen-bond acceptors (Lipinski definition) is 6. The minimum atomic E-state index is -1.58. The van der Waals surface area contributed by atoms with Crippen LogP contribution in [0.3, 0.4) is 0 Å². The summed E-state index contributed by atoms with van der Waals surface area (Å²) in [4.78, 5) is 43.0. The van der Waals surface area contributed by atoms with E-state index >= 15 is 0 Å². The molecule has 0 unspecified atom stereocenters.